The van der Waals surface area contributed by atoms with Crippen molar-refractivity contribution in [2.75, 3.05) is 18.1 Å². The van der Waals surface area contributed by atoms with Crippen molar-refractivity contribution in [3.05, 3.63) is 88.5 Å². The van der Waals surface area contributed by atoms with Crippen molar-refractivity contribution in [1.29, 1.82) is 0 Å². The summed E-state index contributed by atoms with van der Waals surface area (Å²) >= 11 is 7.56. The molecule has 7 nitrogen and oxygen atoms in total. The number of thiazole rings is 1. The maximum Gasteiger partial charge on any atom is 0.301 e. The standard InChI is InChI=1S/C28H23ClN2O5S/c1-3-35-19-10-6-8-17(14-19)25(32)23-24(16-7-5-9-18(29)13-16)31(27(34)26(23)33)28-30-21-12-11-20(36-4-2)15-22(21)37-28/h5-15,24,32H,3-4H2,1-2H3/b25-23+. The molecular weight excluding hydrogens is 512 g/mol. The molecule has 0 bridgehead atoms. The molecule has 2 heterocycles. The van der Waals surface area contributed by atoms with E-state index in [0.717, 1.165) is 4.70 Å². The van der Waals surface area contributed by atoms with Crippen LogP contribution in [0, 0.1) is 0 Å². The number of nitrogens with zero attached hydrogens (tertiary/aromatic N) is 2. The number of rotatable bonds is 7. The van der Waals surface area contributed by atoms with Crippen LogP contribution in [0.3, 0.4) is 0 Å². The Morgan fingerprint density at radius 1 is 1.00 bits per heavy atom. The highest BCUT2D eigenvalue weighted by molar-refractivity contribution is 7.22. The number of ether oxygens (including phenoxy) is 2. The molecule has 4 aromatic rings. The van der Waals surface area contributed by atoms with Crippen LogP contribution in [0.15, 0.2) is 72.3 Å². The number of benzene rings is 3. The molecule has 0 saturated carbocycles. The van der Waals surface area contributed by atoms with Crippen molar-refractivity contribution in [2.24, 2.45) is 0 Å². The Bertz CT molecular complexity index is 1550. The zero-order valence-electron chi connectivity index (χ0n) is 20.1. The van der Waals surface area contributed by atoms with E-state index in [2.05, 4.69) is 4.98 Å². The third-order valence-electron chi connectivity index (χ3n) is 5.89. The van der Waals surface area contributed by atoms with Crippen LogP contribution in [-0.2, 0) is 9.59 Å². The largest absolute Gasteiger partial charge is 0.507 e. The summed E-state index contributed by atoms with van der Waals surface area (Å²) in [4.78, 5) is 32.8. The second kappa shape index (κ2) is 10.2. The van der Waals surface area contributed by atoms with Gasteiger partial charge in [-0.2, -0.15) is 0 Å². The Balaban J connectivity index is 1.68. The van der Waals surface area contributed by atoms with E-state index in [1.807, 2.05) is 32.0 Å². The quantitative estimate of drug-likeness (QED) is 0.168. The molecule has 5 rings (SSSR count). The van der Waals surface area contributed by atoms with Gasteiger partial charge in [0, 0.05) is 10.6 Å². The number of anilines is 1. The highest BCUT2D eigenvalue weighted by Crippen LogP contribution is 2.45. The maximum atomic E-state index is 13.5. The molecule has 3 aromatic carbocycles. The summed E-state index contributed by atoms with van der Waals surface area (Å²) in [5.41, 5.74) is 1.56. The number of halogens is 1. The van der Waals surface area contributed by atoms with Gasteiger partial charge in [-0.3, -0.25) is 14.5 Å². The summed E-state index contributed by atoms with van der Waals surface area (Å²) in [6, 6.07) is 18.2. The van der Waals surface area contributed by atoms with Gasteiger partial charge in [0.15, 0.2) is 5.13 Å². The predicted molar refractivity (Wildman–Crippen MR) is 145 cm³/mol. The fraction of sp³-hybridized carbons (Fsp3) is 0.179. The van der Waals surface area contributed by atoms with Crippen molar-refractivity contribution < 1.29 is 24.2 Å². The minimum absolute atomic E-state index is 0.0461. The molecule has 1 aliphatic rings. The maximum absolute atomic E-state index is 13.5. The number of Topliss-reactive ketones (excluding diaryl/α,β-unsaturated/α-hetero) is 1. The molecule has 0 radical (unpaired) electrons. The molecule has 1 fully saturated rings. The Labute approximate surface area is 222 Å². The molecule has 1 saturated heterocycles. The molecule has 1 atom stereocenters. The van der Waals surface area contributed by atoms with Gasteiger partial charge in [-0.15, -0.1) is 0 Å². The number of hydrogen-bond donors (Lipinski definition) is 1. The fourth-order valence-electron chi connectivity index (χ4n) is 4.33. The number of carbonyl (C=O) groups is 2. The van der Waals surface area contributed by atoms with Gasteiger partial charge < -0.3 is 14.6 Å². The van der Waals surface area contributed by atoms with Gasteiger partial charge in [0.05, 0.1) is 35.0 Å². The lowest BCUT2D eigenvalue weighted by Crippen LogP contribution is -2.29. The summed E-state index contributed by atoms with van der Waals surface area (Å²) in [6.45, 7) is 4.72. The first kappa shape index (κ1) is 24.8. The zero-order chi connectivity index (χ0) is 26.1. The molecule has 37 heavy (non-hydrogen) atoms. The van der Waals surface area contributed by atoms with E-state index in [1.165, 1.54) is 16.2 Å². The minimum Gasteiger partial charge on any atom is -0.507 e. The van der Waals surface area contributed by atoms with E-state index >= 15 is 0 Å². The van der Waals surface area contributed by atoms with Crippen molar-refractivity contribution in [3.8, 4) is 11.5 Å². The smallest absolute Gasteiger partial charge is 0.301 e. The van der Waals surface area contributed by atoms with Crippen molar-refractivity contribution in [1.82, 2.24) is 4.98 Å². The SMILES string of the molecule is CCOc1cccc(/C(O)=C2\C(=O)C(=O)N(c3nc4ccc(OCC)cc4s3)C2c2cccc(Cl)c2)c1. The second-order valence-corrected chi connectivity index (χ2v) is 9.69. The van der Waals surface area contributed by atoms with Crippen LogP contribution in [0.2, 0.25) is 5.02 Å². The van der Waals surface area contributed by atoms with E-state index < -0.39 is 17.7 Å². The minimum atomic E-state index is -0.929. The number of aliphatic hydroxyl groups excluding tert-OH is 1. The number of carbonyl (C=O) groups excluding carboxylic acids is 2. The van der Waals surface area contributed by atoms with Gasteiger partial charge in [0.2, 0.25) is 0 Å². The second-order valence-electron chi connectivity index (χ2n) is 8.24. The Morgan fingerprint density at radius 3 is 2.46 bits per heavy atom. The topological polar surface area (TPSA) is 89.0 Å². The first-order chi connectivity index (χ1) is 17.9. The number of aliphatic hydroxyl groups is 1. The molecule has 188 valence electrons. The summed E-state index contributed by atoms with van der Waals surface area (Å²) < 4.78 is 12.0. The summed E-state index contributed by atoms with van der Waals surface area (Å²) in [5, 5.41) is 12.1. The van der Waals surface area contributed by atoms with Crippen LogP contribution < -0.4 is 14.4 Å². The summed E-state index contributed by atoms with van der Waals surface area (Å²) in [6.07, 6.45) is 0. The van der Waals surface area contributed by atoms with Gasteiger partial charge in [-0.25, -0.2) is 4.98 Å². The Hall–Kier alpha value is -3.88. The lowest BCUT2D eigenvalue weighted by molar-refractivity contribution is -0.132. The highest BCUT2D eigenvalue weighted by Gasteiger charge is 2.48. The van der Waals surface area contributed by atoms with Crippen LogP contribution >= 0.6 is 22.9 Å². The first-order valence-corrected chi connectivity index (χ1v) is 12.9. The molecule has 9 heteroatoms. The van der Waals surface area contributed by atoms with Gasteiger partial charge >= 0.3 is 5.91 Å². The third-order valence-corrected chi connectivity index (χ3v) is 7.15. The summed E-state index contributed by atoms with van der Waals surface area (Å²) in [7, 11) is 0. The van der Waals surface area contributed by atoms with E-state index in [-0.39, 0.29) is 11.3 Å². The number of ketones is 1. The summed E-state index contributed by atoms with van der Waals surface area (Å²) in [5.74, 6) is -0.661. The Kier molecular flexibility index (Phi) is 6.86. The average Bonchev–Trinajstić information content (AvgIpc) is 3.42. The van der Waals surface area contributed by atoms with Crippen molar-refractivity contribution >= 4 is 55.7 Å². The highest BCUT2D eigenvalue weighted by atomic mass is 35.5. The van der Waals surface area contributed by atoms with Crippen LogP contribution in [0.25, 0.3) is 16.0 Å². The number of amides is 1. The zero-order valence-corrected chi connectivity index (χ0v) is 21.7. The molecule has 1 N–H and O–H groups in total. The van der Waals surface area contributed by atoms with E-state index in [9.17, 15) is 14.7 Å². The van der Waals surface area contributed by atoms with Crippen molar-refractivity contribution in [3.63, 3.8) is 0 Å². The van der Waals surface area contributed by atoms with E-state index in [4.69, 9.17) is 21.1 Å². The van der Waals surface area contributed by atoms with Crippen LogP contribution in [0.1, 0.15) is 31.0 Å². The van der Waals surface area contributed by atoms with Crippen LogP contribution in [0.5, 0.6) is 11.5 Å². The average molecular weight is 535 g/mol. The first-order valence-electron chi connectivity index (χ1n) is 11.7. The molecule has 1 aliphatic heterocycles. The number of fused-ring (bicyclic) bond motifs is 1. The molecule has 0 spiro atoms. The number of hydrogen-bond acceptors (Lipinski definition) is 7. The predicted octanol–water partition coefficient (Wildman–Crippen LogP) is 6.37. The lowest BCUT2D eigenvalue weighted by Gasteiger charge is -2.23. The fourth-order valence-corrected chi connectivity index (χ4v) is 5.55. The van der Waals surface area contributed by atoms with E-state index in [0.29, 0.717) is 51.5 Å². The lowest BCUT2D eigenvalue weighted by atomic mass is 9.95. The van der Waals surface area contributed by atoms with Crippen LogP contribution in [0.4, 0.5) is 5.13 Å². The monoisotopic (exact) mass is 534 g/mol. The van der Waals surface area contributed by atoms with E-state index in [1.54, 1.807) is 48.5 Å². The van der Waals surface area contributed by atoms with Crippen molar-refractivity contribution in [2.45, 2.75) is 19.9 Å². The number of aromatic nitrogens is 1. The normalized spacial score (nSPS) is 16.9. The molecule has 1 unspecified atom stereocenters. The van der Waals surface area contributed by atoms with Gasteiger partial charge in [0.25, 0.3) is 5.78 Å². The molecule has 1 amide bonds. The molecule has 1 aromatic heterocycles. The van der Waals surface area contributed by atoms with Crippen LogP contribution in [-0.4, -0.2) is 35.0 Å². The van der Waals surface area contributed by atoms with Gasteiger partial charge in [-0.05, 0) is 61.9 Å². The van der Waals surface area contributed by atoms with Gasteiger partial charge in [0.1, 0.15) is 17.3 Å². The molecule has 0 aliphatic carbocycles. The Morgan fingerprint density at radius 2 is 1.73 bits per heavy atom. The third kappa shape index (κ3) is 4.65. The molecular formula is C28H23ClN2O5S. The van der Waals surface area contributed by atoms with Gasteiger partial charge in [-0.1, -0.05) is 47.2 Å².